The SMILES string of the molecule is O=C(NC1CCCCCC1)c1cc2n(n1)[C@H](C(F)(F)F)C[C@@H](c1ccco1)N2. The summed E-state index contributed by atoms with van der Waals surface area (Å²) in [5, 5.41) is 9.95. The fourth-order valence-corrected chi connectivity index (χ4v) is 4.04. The van der Waals surface area contributed by atoms with E-state index in [0.29, 0.717) is 5.76 Å². The van der Waals surface area contributed by atoms with Crippen molar-refractivity contribution < 1.29 is 22.4 Å². The highest BCUT2D eigenvalue weighted by molar-refractivity contribution is 5.93. The number of rotatable bonds is 3. The molecule has 2 aromatic rings. The van der Waals surface area contributed by atoms with Crippen LogP contribution in [0.1, 0.15) is 73.3 Å². The van der Waals surface area contributed by atoms with Gasteiger partial charge in [0.15, 0.2) is 11.7 Å². The number of hydrogen-bond donors (Lipinski definition) is 2. The molecular formula is C19H23F3N4O2. The van der Waals surface area contributed by atoms with E-state index < -0.39 is 24.2 Å². The van der Waals surface area contributed by atoms with E-state index in [0.717, 1.165) is 43.2 Å². The van der Waals surface area contributed by atoms with Crippen LogP contribution in [0, 0.1) is 0 Å². The molecule has 4 rings (SSSR count). The van der Waals surface area contributed by atoms with Crippen LogP contribution >= 0.6 is 0 Å². The van der Waals surface area contributed by atoms with Crippen molar-refractivity contribution in [1.29, 1.82) is 0 Å². The Kier molecular flexibility index (Phi) is 5.07. The number of halogens is 3. The molecule has 152 valence electrons. The summed E-state index contributed by atoms with van der Waals surface area (Å²) >= 11 is 0. The number of aromatic nitrogens is 2. The fourth-order valence-electron chi connectivity index (χ4n) is 4.04. The Hall–Kier alpha value is -2.45. The number of hydrogen-bond acceptors (Lipinski definition) is 4. The molecule has 0 saturated heterocycles. The second-order valence-corrected chi connectivity index (χ2v) is 7.53. The van der Waals surface area contributed by atoms with Crippen LogP contribution < -0.4 is 10.6 Å². The number of carbonyl (C=O) groups is 1. The summed E-state index contributed by atoms with van der Waals surface area (Å²) in [6.07, 6.45) is 2.87. The second-order valence-electron chi connectivity index (χ2n) is 7.53. The molecule has 0 aromatic carbocycles. The molecule has 3 heterocycles. The van der Waals surface area contributed by atoms with Gasteiger partial charge < -0.3 is 15.1 Å². The topological polar surface area (TPSA) is 72.1 Å². The third-order valence-corrected chi connectivity index (χ3v) is 5.50. The minimum Gasteiger partial charge on any atom is -0.467 e. The summed E-state index contributed by atoms with van der Waals surface area (Å²) in [5.74, 6) is 0.165. The summed E-state index contributed by atoms with van der Waals surface area (Å²) in [5.41, 5.74) is 0.00101. The molecule has 1 saturated carbocycles. The molecule has 2 aromatic heterocycles. The molecule has 28 heavy (non-hydrogen) atoms. The monoisotopic (exact) mass is 396 g/mol. The molecule has 1 aliphatic carbocycles. The molecule has 1 fully saturated rings. The normalized spacial score (nSPS) is 23.5. The summed E-state index contributed by atoms with van der Waals surface area (Å²) in [6.45, 7) is 0. The largest absolute Gasteiger partial charge is 0.467 e. The van der Waals surface area contributed by atoms with Crippen molar-refractivity contribution in [2.75, 3.05) is 5.32 Å². The molecule has 2 aliphatic rings. The number of nitrogens with zero attached hydrogens (tertiary/aromatic N) is 2. The first-order valence-electron chi connectivity index (χ1n) is 9.69. The van der Waals surface area contributed by atoms with Gasteiger partial charge in [-0.3, -0.25) is 4.79 Å². The Morgan fingerprint density at radius 3 is 2.64 bits per heavy atom. The molecule has 0 unspecified atom stereocenters. The van der Waals surface area contributed by atoms with Crippen molar-refractivity contribution >= 4 is 11.7 Å². The van der Waals surface area contributed by atoms with Gasteiger partial charge >= 0.3 is 6.18 Å². The molecule has 0 radical (unpaired) electrons. The van der Waals surface area contributed by atoms with E-state index in [1.807, 2.05) is 0 Å². The van der Waals surface area contributed by atoms with Gasteiger partial charge in [-0.1, -0.05) is 25.7 Å². The number of anilines is 1. The van der Waals surface area contributed by atoms with Crippen LogP contribution in [0.25, 0.3) is 0 Å². The highest BCUT2D eigenvalue weighted by atomic mass is 19.4. The smallest absolute Gasteiger partial charge is 0.410 e. The minimum absolute atomic E-state index is 0.00101. The lowest BCUT2D eigenvalue weighted by molar-refractivity contribution is -0.174. The van der Waals surface area contributed by atoms with Gasteiger partial charge in [-0.15, -0.1) is 0 Å². The number of nitrogens with one attached hydrogen (secondary N) is 2. The Morgan fingerprint density at radius 1 is 1.25 bits per heavy atom. The average Bonchev–Trinajstić information content (AvgIpc) is 3.26. The standard InChI is InChI=1S/C19H23F3N4O2/c20-19(21,22)16-10-13(15-8-5-9-28-15)24-17-11-14(25-26(16)17)18(27)23-12-6-3-1-2-4-7-12/h5,8-9,11-13,16,24H,1-4,6-7,10H2,(H,23,27)/t13-,16-/m0/s1. The molecule has 2 atom stereocenters. The van der Waals surface area contributed by atoms with E-state index in [-0.39, 0.29) is 24.0 Å². The maximum atomic E-state index is 13.6. The highest BCUT2D eigenvalue weighted by Crippen LogP contribution is 2.43. The zero-order valence-electron chi connectivity index (χ0n) is 15.3. The molecule has 1 aliphatic heterocycles. The van der Waals surface area contributed by atoms with Crippen LogP contribution in [0.15, 0.2) is 28.9 Å². The number of furan rings is 1. The Labute approximate surface area is 160 Å². The van der Waals surface area contributed by atoms with Crippen molar-refractivity contribution in [2.45, 2.75) is 69.2 Å². The van der Waals surface area contributed by atoms with Crippen LogP contribution in [-0.2, 0) is 0 Å². The van der Waals surface area contributed by atoms with Gasteiger partial charge in [0.2, 0.25) is 0 Å². The van der Waals surface area contributed by atoms with Crippen LogP contribution in [0.4, 0.5) is 19.0 Å². The lowest BCUT2D eigenvalue weighted by atomic mass is 10.0. The van der Waals surface area contributed by atoms with Crippen molar-refractivity contribution in [2.24, 2.45) is 0 Å². The van der Waals surface area contributed by atoms with Gasteiger partial charge in [0, 0.05) is 18.5 Å². The first-order chi connectivity index (χ1) is 13.4. The molecule has 6 nitrogen and oxygen atoms in total. The van der Waals surface area contributed by atoms with Gasteiger partial charge in [0.05, 0.1) is 12.3 Å². The van der Waals surface area contributed by atoms with Crippen molar-refractivity contribution in [3.05, 3.63) is 35.9 Å². The highest BCUT2D eigenvalue weighted by Gasteiger charge is 2.47. The predicted molar refractivity (Wildman–Crippen MR) is 96.0 cm³/mol. The quantitative estimate of drug-likeness (QED) is 0.745. The van der Waals surface area contributed by atoms with E-state index in [2.05, 4.69) is 15.7 Å². The summed E-state index contributed by atoms with van der Waals surface area (Å²) in [4.78, 5) is 12.6. The fraction of sp³-hybridized carbons (Fsp3) is 0.579. The molecule has 1 amide bonds. The third kappa shape index (κ3) is 3.88. The lowest BCUT2D eigenvalue weighted by Gasteiger charge is -2.32. The zero-order chi connectivity index (χ0) is 19.7. The Balaban J connectivity index is 1.57. The van der Waals surface area contributed by atoms with Gasteiger partial charge in [-0.2, -0.15) is 18.3 Å². The van der Waals surface area contributed by atoms with E-state index in [4.69, 9.17) is 4.42 Å². The predicted octanol–water partition coefficient (Wildman–Crippen LogP) is 4.59. The van der Waals surface area contributed by atoms with E-state index in [9.17, 15) is 18.0 Å². The number of alkyl halides is 3. The average molecular weight is 396 g/mol. The third-order valence-electron chi connectivity index (χ3n) is 5.50. The first-order valence-corrected chi connectivity index (χ1v) is 9.69. The molecule has 2 N–H and O–H groups in total. The number of fused-ring (bicyclic) bond motifs is 1. The molecule has 9 heteroatoms. The van der Waals surface area contributed by atoms with Crippen LogP contribution in [-0.4, -0.2) is 27.9 Å². The summed E-state index contributed by atoms with van der Waals surface area (Å²) < 4.78 is 47.1. The van der Waals surface area contributed by atoms with E-state index in [1.54, 1.807) is 12.1 Å². The van der Waals surface area contributed by atoms with Gasteiger partial charge in [-0.05, 0) is 25.0 Å². The summed E-state index contributed by atoms with van der Waals surface area (Å²) in [7, 11) is 0. The number of amides is 1. The molecular weight excluding hydrogens is 373 g/mol. The molecule has 0 bridgehead atoms. The first kappa shape index (κ1) is 18.9. The van der Waals surface area contributed by atoms with Crippen molar-refractivity contribution in [3.8, 4) is 0 Å². The Bertz CT molecular complexity index is 808. The van der Waals surface area contributed by atoms with Crippen LogP contribution in [0.2, 0.25) is 0 Å². The van der Waals surface area contributed by atoms with E-state index in [1.165, 1.54) is 12.3 Å². The van der Waals surface area contributed by atoms with Crippen LogP contribution in [0.5, 0.6) is 0 Å². The minimum atomic E-state index is -4.48. The lowest BCUT2D eigenvalue weighted by Crippen LogP contribution is -2.36. The Morgan fingerprint density at radius 2 is 2.00 bits per heavy atom. The van der Waals surface area contributed by atoms with Gasteiger partial charge in [0.25, 0.3) is 5.91 Å². The van der Waals surface area contributed by atoms with Crippen LogP contribution in [0.3, 0.4) is 0 Å². The van der Waals surface area contributed by atoms with Gasteiger partial charge in [0.1, 0.15) is 11.6 Å². The maximum Gasteiger partial charge on any atom is 0.410 e. The van der Waals surface area contributed by atoms with Crippen molar-refractivity contribution in [3.63, 3.8) is 0 Å². The molecule has 0 spiro atoms. The second kappa shape index (κ2) is 7.52. The summed E-state index contributed by atoms with van der Waals surface area (Å²) in [6, 6.07) is 2.26. The van der Waals surface area contributed by atoms with Crippen molar-refractivity contribution in [1.82, 2.24) is 15.1 Å². The zero-order valence-corrected chi connectivity index (χ0v) is 15.3. The van der Waals surface area contributed by atoms with Gasteiger partial charge in [-0.25, -0.2) is 4.68 Å². The maximum absolute atomic E-state index is 13.6. The van der Waals surface area contributed by atoms with E-state index >= 15 is 0 Å². The number of carbonyl (C=O) groups excluding carboxylic acids is 1.